The third-order valence-corrected chi connectivity index (χ3v) is 1.08. The van der Waals surface area contributed by atoms with E-state index in [-0.39, 0.29) is 0 Å². The Bertz CT molecular complexity index is 171. The van der Waals surface area contributed by atoms with Gasteiger partial charge >= 0.3 is 0 Å². The summed E-state index contributed by atoms with van der Waals surface area (Å²) in [6, 6.07) is 1.64. The van der Waals surface area contributed by atoms with Gasteiger partial charge in [0.25, 0.3) is 0 Å². The molecule has 0 aromatic carbocycles. The van der Waals surface area contributed by atoms with Crippen LogP contribution in [0.25, 0.3) is 0 Å². The molecule has 1 aromatic rings. The van der Waals surface area contributed by atoms with E-state index >= 15 is 0 Å². The van der Waals surface area contributed by atoms with Gasteiger partial charge in [0.2, 0.25) is 0 Å². The van der Waals surface area contributed by atoms with Gasteiger partial charge in [0.1, 0.15) is 0 Å². The van der Waals surface area contributed by atoms with Crippen molar-refractivity contribution in [3.63, 3.8) is 0 Å². The Morgan fingerprint density at radius 3 is 1.70 bits per heavy atom. The van der Waals surface area contributed by atoms with Crippen molar-refractivity contribution in [1.82, 2.24) is 4.98 Å². The molecular weight excluding hydrogens is 169 g/mol. The third kappa shape index (κ3) is 3.70. The summed E-state index contributed by atoms with van der Waals surface area (Å²) in [6.45, 7) is 4.00. The highest BCUT2D eigenvalue weighted by Gasteiger charge is 1.86. The van der Waals surface area contributed by atoms with Crippen LogP contribution < -0.4 is 0 Å². The fraction of sp³-hybridized carbons (Fsp3) is 0.286. The summed E-state index contributed by atoms with van der Waals surface area (Å²) in [5, 5.41) is 1.13. The van der Waals surface area contributed by atoms with E-state index in [9.17, 15) is 0 Å². The number of rotatable bonds is 0. The minimum atomic E-state index is 0.567. The van der Waals surface area contributed by atoms with E-state index in [1.807, 2.05) is 13.8 Å². The first-order chi connectivity index (χ1) is 4.79. The number of pyridine rings is 1. The fourth-order valence-corrected chi connectivity index (χ4v) is 0.790. The maximum Gasteiger partial charge on any atom is 0.0604 e. The van der Waals surface area contributed by atoms with Gasteiger partial charge in [-0.05, 0) is 6.07 Å². The smallest absolute Gasteiger partial charge is 0.0604 e. The summed E-state index contributed by atoms with van der Waals surface area (Å²) in [7, 11) is 0. The lowest BCUT2D eigenvalue weighted by Gasteiger charge is -1.85. The van der Waals surface area contributed by atoms with Gasteiger partial charge in [0, 0.05) is 12.4 Å². The molecule has 3 heteroatoms. The monoisotopic (exact) mass is 177 g/mol. The summed E-state index contributed by atoms with van der Waals surface area (Å²) < 4.78 is 0. The van der Waals surface area contributed by atoms with Crippen LogP contribution in [0.5, 0.6) is 0 Å². The maximum atomic E-state index is 5.50. The van der Waals surface area contributed by atoms with Crippen molar-refractivity contribution in [2.24, 2.45) is 0 Å². The number of hydrogen-bond donors (Lipinski definition) is 0. The van der Waals surface area contributed by atoms with Gasteiger partial charge in [-0.25, -0.2) is 0 Å². The van der Waals surface area contributed by atoms with Crippen molar-refractivity contribution in [2.75, 3.05) is 0 Å². The minimum absolute atomic E-state index is 0.567. The molecule has 0 fully saturated rings. The van der Waals surface area contributed by atoms with Crippen LogP contribution in [0.3, 0.4) is 0 Å². The molecule has 0 spiro atoms. The second kappa shape index (κ2) is 5.51. The molecule has 56 valence electrons. The van der Waals surface area contributed by atoms with Crippen LogP contribution in [-0.4, -0.2) is 4.98 Å². The topological polar surface area (TPSA) is 12.9 Å². The SMILES string of the molecule is CC.Clc1cncc(Cl)c1. The molecule has 0 bridgehead atoms. The van der Waals surface area contributed by atoms with Crippen molar-refractivity contribution in [1.29, 1.82) is 0 Å². The predicted molar refractivity (Wildman–Crippen MR) is 45.6 cm³/mol. The molecule has 1 nitrogen and oxygen atoms in total. The average molecular weight is 178 g/mol. The van der Waals surface area contributed by atoms with E-state index < -0.39 is 0 Å². The number of halogens is 2. The highest BCUT2D eigenvalue weighted by atomic mass is 35.5. The number of aromatic nitrogens is 1. The van der Waals surface area contributed by atoms with E-state index in [1.165, 1.54) is 12.4 Å². The van der Waals surface area contributed by atoms with Crippen LogP contribution in [0.1, 0.15) is 13.8 Å². The Labute approximate surface area is 71.0 Å². The van der Waals surface area contributed by atoms with Gasteiger partial charge < -0.3 is 0 Å². The average Bonchev–Trinajstić information content (AvgIpc) is 1.91. The molecule has 0 aliphatic heterocycles. The molecule has 0 N–H and O–H groups in total. The van der Waals surface area contributed by atoms with Crippen LogP contribution in [0.15, 0.2) is 18.5 Å². The number of hydrogen-bond acceptors (Lipinski definition) is 1. The van der Waals surface area contributed by atoms with E-state index in [1.54, 1.807) is 6.07 Å². The van der Waals surface area contributed by atoms with Gasteiger partial charge in [-0.15, -0.1) is 0 Å². The zero-order valence-corrected chi connectivity index (χ0v) is 7.45. The molecule has 1 heterocycles. The molecule has 0 aliphatic carbocycles. The van der Waals surface area contributed by atoms with Crippen molar-refractivity contribution >= 4 is 23.2 Å². The van der Waals surface area contributed by atoms with Crippen LogP contribution in [-0.2, 0) is 0 Å². The van der Waals surface area contributed by atoms with Gasteiger partial charge in [0.05, 0.1) is 10.0 Å². The molecule has 0 amide bonds. The predicted octanol–water partition coefficient (Wildman–Crippen LogP) is 3.41. The van der Waals surface area contributed by atoms with E-state index in [4.69, 9.17) is 23.2 Å². The highest BCUT2D eigenvalue weighted by molar-refractivity contribution is 6.34. The lowest BCUT2D eigenvalue weighted by atomic mass is 10.5. The number of nitrogens with zero attached hydrogens (tertiary/aromatic N) is 1. The second-order valence-corrected chi connectivity index (χ2v) is 2.19. The molecule has 0 aliphatic rings. The zero-order valence-electron chi connectivity index (χ0n) is 5.94. The molecule has 0 saturated heterocycles. The lowest BCUT2D eigenvalue weighted by Crippen LogP contribution is -1.68. The van der Waals surface area contributed by atoms with Crippen molar-refractivity contribution in [3.05, 3.63) is 28.5 Å². The maximum absolute atomic E-state index is 5.50. The molecule has 0 radical (unpaired) electrons. The normalized spacial score (nSPS) is 8.00. The van der Waals surface area contributed by atoms with E-state index in [0.717, 1.165) is 0 Å². The summed E-state index contributed by atoms with van der Waals surface area (Å²) in [5.74, 6) is 0. The third-order valence-electron chi connectivity index (χ3n) is 0.672. The van der Waals surface area contributed by atoms with Crippen molar-refractivity contribution in [3.8, 4) is 0 Å². The summed E-state index contributed by atoms with van der Waals surface area (Å²) in [5.41, 5.74) is 0. The first-order valence-corrected chi connectivity index (χ1v) is 3.80. The largest absolute Gasteiger partial charge is 0.262 e. The fourth-order valence-electron chi connectivity index (χ4n) is 0.386. The van der Waals surface area contributed by atoms with Gasteiger partial charge in [-0.1, -0.05) is 37.0 Å². The second-order valence-electron chi connectivity index (χ2n) is 1.32. The Kier molecular flexibility index (Phi) is 5.36. The Morgan fingerprint density at radius 2 is 1.50 bits per heavy atom. The highest BCUT2D eigenvalue weighted by Crippen LogP contribution is 2.11. The Balaban J connectivity index is 0.000000371. The molecular formula is C7H9Cl2N. The Morgan fingerprint density at radius 1 is 1.10 bits per heavy atom. The quantitative estimate of drug-likeness (QED) is 0.593. The van der Waals surface area contributed by atoms with E-state index in [2.05, 4.69) is 4.98 Å². The summed E-state index contributed by atoms with van der Waals surface area (Å²) in [6.07, 6.45) is 3.07. The molecule has 0 saturated carbocycles. The molecule has 0 unspecified atom stereocenters. The minimum Gasteiger partial charge on any atom is -0.262 e. The molecule has 1 aromatic heterocycles. The van der Waals surface area contributed by atoms with Crippen LogP contribution in [0.4, 0.5) is 0 Å². The summed E-state index contributed by atoms with van der Waals surface area (Å²) >= 11 is 11.0. The van der Waals surface area contributed by atoms with Gasteiger partial charge in [0.15, 0.2) is 0 Å². The van der Waals surface area contributed by atoms with E-state index in [0.29, 0.717) is 10.0 Å². The standard InChI is InChI=1S/C5H3Cl2N.C2H6/c6-4-1-5(7)3-8-2-4;1-2/h1-3H;1-2H3. The lowest BCUT2D eigenvalue weighted by molar-refractivity contribution is 1.33. The first-order valence-electron chi connectivity index (χ1n) is 3.05. The molecule has 0 atom stereocenters. The van der Waals surface area contributed by atoms with Crippen LogP contribution in [0, 0.1) is 0 Å². The van der Waals surface area contributed by atoms with Gasteiger partial charge in [-0.3, -0.25) is 4.98 Å². The summed E-state index contributed by atoms with van der Waals surface area (Å²) in [4.78, 5) is 3.72. The van der Waals surface area contributed by atoms with Crippen molar-refractivity contribution in [2.45, 2.75) is 13.8 Å². The zero-order chi connectivity index (χ0) is 7.98. The van der Waals surface area contributed by atoms with Crippen LogP contribution >= 0.6 is 23.2 Å². The van der Waals surface area contributed by atoms with Crippen LogP contribution in [0.2, 0.25) is 10.0 Å². The first kappa shape index (κ1) is 9.73. The van der Waals surface area contributed by atoms with Crippen molar-refractivity contribution < 1.29 is 0 Å². The molecule has 10 heavy (non-hydrogen) atoms. The molecule has 1 rings (SSSR count). The Hall–Kier alpha value is -0.270. The van der Waals surface area contributed by atoms with Gasteiger partial charge in [-0.2, -0.15) is 0 Å².